The van der Waals surface area contributed by atoms with Crippen LogP contribution in [0.1, 0.15) is 30.1 Å². The monoisotopic (exact) mass is 239 g/mol. The van der Waals surface area contributed by atoms with Crippen LogP contribution in [0.25, 0.3) is 0 Å². The molecule has 92 valence electrons. The van der Waals surface area contributed by atoms with Crippen molar-refractivity contribution in [2.45, 2.75) is 19.8 Å². The van der Waals surface area contributed by atoms with Crippen molar-refractivity contribution in [3.63, 3.8) is 0 Å². The maximum atomic E-state index is 13.5. The highest BCUT2D eigenvalue weighted by atomic mass is 19.1. The molecule has 0 radical (unpaired) electrons. The van der Waals surface area contributed by atoms with Crippen molar-refractivity contribution in [3.05, 3.63) is 35.4 Å². The van der Waals surface area contributed by atoms with Gasteiger partial charge in [-0.1, -0.05) is 13.0 Å². The van der Waals surface area contributed by atoms with Gasteiger partial charge in [0.05, 0.1) is 5.56 Å². The van der Waals surface area contributed by atoms with Crippen LogP contribution >= 0.6 is 0 Å². The minimum atomic E-state index is -0.776. The van der Waals surface area contributed by atoms with Crippen LogP contribution in [0.5, 0.6) is 0 Å². The van der Waals surface area contributed by atoms with Gasteiger partial charge < -0.3 is 5.32 Å². The average molecular weight is 239 g/mol. The number of hydrogen-bond acceptors (Lipinski definition) is 2. The minimum absolute atomic E-state index is 0.404. The molecule has 4 heteroatoms. The summed E-state index contributed by atoms with van der Waals surface area (Å²) in [5, 5.41) is 3.10. The zero-order valence-corrected chi connectivity index (χ0v) is 9.72. The fourth-order valence-electron chi connectivity index (χ4n) is 2.27. The number of benzene rings is 1. The van der Waals surface area contributed by atoms with Crippen LogP contribution < -0.4 is 5.32 Å². The van der Waals surface area contributed by atoms with Crippen LogP contribution in [0.3, 0.4) is 0 Å². The number of halogens is 2. The first-order valence-corrected chi connectivity index (χ1v) is 5.74. The Hall–Kier alpha value is -1.29. The Bertz CT molecular complexity index is 419. The Labute approximate surface area is 99.0 Å². The molecule has 0 amide bonds. The van der Waals surface area contributed by atoms with Gasteiger partial charge >= 0.3 is 0 Å². The second-order valence-electron chi connectivity index (χ2n) is 4.77. The number of rotatable bonds is 2. The molecule has 1 heterocycles. The van der Waals surface area contributed by atoms with Gasteiger partial charge in [0, 0.05) is 12.0 Å². The lowest BCUT2D eigenvalue weighted by molar-refractivity contribution is 0.0763. The van der Waals surface area contributed by atoms with E-state index in [0.29, 0.717) is 13.0 Å². The van der Waals surface area contributed by atoms with E-state index in [4.69, 9.17) is 0 Å². The zero-order chi connectivity index (χ0) is 12.5. The lowest BCUT2D eigenvalue weighted by atomic mass is 9.76. The molecule has 1 aromatic rings. The summed E-state index contributed by atoms with van der Waals surface area (Å²) in [5.74, 6) is -2.00. The van der Waals surface area contributed by atoms with Gasteiger partial charge in [-0.25, -0.2) is 8.78 Å². The lowest BCUT2D eigenvalue weighted by Crippen LogP contribution is -2.43. The van der Waals surface area contributed by atoms with E-state index < -0.39 is 28.4 Å². The normalized spacial score (nSPS) is 24.6. The summed E-state index contributed by atoms with van der Waals surface area (Å²) >= 11 is 0. The van der Waals surface area contributed by atoms with E-state index in [-0.39, 0.29) is 0 Å². The van der Waals surface area contributed by atoms with Crippen LogP contribution in [-0.2, 0) is 0 Å². The van der Waals surface area contributed by atoms with Crippen LogP contribution in [0.15, 0.2) is 18.2 Å². The van der Waals surface area contributed by atoms with Crippen molar-refractivity contribution >= 4 is 5.78 Å². The van der Waals surface area contributed by atoms with Gasteiger partial charge in [-0.15, -0.1) is 0 Å². The van der Waals surface area contributed by atoms with Gasteiger partial charge in [-0.2, -0.15) is 0 Å². The molecule has 2 rings (SSSR count). The van der Waals surface area contributed by atoms with Crippen LogP contribution in [0.4, 0.5) is 8.78 Å². The molecular weight excluding hydrogens is 224 g/mol. The Balaban J connectivity index is 2.36. The van der Waals surface area contributed by atoms with E-state index in [1.165, 1.54) is 6.07 Å². The van der Waals surface area contributed by atoms with Crippen LogP contribution in [0.2, 0.25) is 0 Å². The molecule has 0 saturated carbocycles. The van der Waals surface area contributed by atoms with E-state index in [9.17, 15) is 13.6 Å². The third-order valence-corrected chi connectivity index (χ3v) is 3.34. The van der Waals surface area contributed by atoms with E-state index in [0.717, 1.165) is 25.1 Å². The van der Waals surface area contributed by atoms with Gasteiger partial charge in [0.15, 0.2) is 5.78 Å². The van der Waals surface area contributed by atoms with Crippen molar-refractivity contribution in [1.29, 1.82) is 0 Å². The third kappa shape index (κ3) is 2.22. The highest BCUT2D eigenvalue weighted by Crippen LogP contribution is 2.31. The molecule has 0 aliphatic carbocycles. The lowest BCUT2D eigenvalue weighted by Gasteiger charge is -2.32. The van der Waals surface area contributed by atoms with E-state index in [2.05, 4.69) is 5.32 Å². The Kier molecular flexibility index (Phi) is 3.24. The van der Waals surface area contributed by atoms with Gasteiger partial charge in [-0.05, 0) is 31.5 Å². The topological polar surface area (TPSA) is 29.1 Å². The largest absolute Gasteiger partial charge is 0.316 e. The highest BCUT2D eigenvalue weighted by Gasteiger charge is 2.37. The first-order chi connectivity index (χ1) is 8.04. The van der Waals surface area contributed by atoms with Crippen LogP contribution in [-0.4, -0.2) is 18.9 Å². The summed E-state index contributed by atoms with van der Waals surface area (Å²) in [5.41, 5.74) is -1.11. The fraction of sp³-hybridized carbons (Fsp3) is 0.462. The van der Waals surface area contributed by atoms with Gasteiger partial charge in [0.1, 0.15) is 11.6 Å². The number of nitrogens with one attached hydrogen (secondary N) is 1. The first-order valence-electron chi connectivity index (χ1n) is 5.74. The Morgan fingerprint density at radius 3 is 2.53 bits per heavy atom. The molecule has 1 N–H and O–H groups in total. The average Bonchev–Trinajstić information content (AvgIpc) is 2.29. The van der Waals surface area contributed by atoms with Crippen molar-refractivity contribution in [2.75, 3.05) is 13.1 Å². The molecular formula is C13H15F2NO. The number of ketones is 1. The molecule has 0 bridgehead atoms. The molecule has 1 aliphatic heterocycles. The highest BCUT2D eigenvalue weighted by molar-refractivity contribution is 6.01. The molecule has 0 spiro atoms. The molecule has 1 saturated heterocycles. The quantitative estimate of drug-likeness (QED) is 0.803. The van der Waals surface area contributed by atoms with Crippen molar-refractivity contribution in [2.24, 2.45) is 5.41 Å². The first kappa shape index (κ1) is 12.2. The summed E-state index contributed by atoms with van der Waals surface area (Å²) < 4.78 is 27.1. The molecule has 0 aromatic heterocycles. The number of hydrogen-bond donors (Lipinski definition) is 1. The summed E-state index contributed by atoms with van der Waals surface area (Å²) in [6.07, 6.45) is 1.50. The predicted molar refractivity (Wildman–Crippen MR) is 60.9 cm³/mol. The fourth-order valence-corrected chi connectivity index (χ4v) is 2.27. The zero-order valence-electron chi connectivity index (χ0n) is 9.72. The smallest absolute Gasteiger partial charge is 0.175 e. The Morgan fingerprint density at radius 1 is 1.35 bits per heavy atom. The molecule has 2 nitrogen and oxygen atoms in total. The SMILES string of the molecule is CC1(C(=O)c2c(F)cccc2F)CCCNC1. The minimum Gasteiger partial charge on any atom is -0.316 e. The van der Waals surface area contributed by atoms with Crippen molar-refractivity contribution < 1.29 is 13.6 Å². The van der Waals surface area contributed by atoms with E-state index >= 15 is 0 Å². The number of carbonyl (C=O) groups is 1. The molecule has 1 atom stereocenters. The van der Waals surface area contributed by atoms with Gasteiger partial charge in [0.25, 0.3) is 0 Å². The van der Waals surface area contributed by atoms with Gasteiger partial charge in [-0.3, -0.25) is 4.79 Å². The standard InChI is InChI=1S/C13H15F2NO/c1-13(6-3-7-16-8-13)12(17)11-9(14)4-2-5-10(11)15/h2,4-5,16H,3,6-8H2,1H3. The van der Waals surface area contributed by atoms with Crippen LogP contribution in [0, 0.1) is 17.0 Å². The predicted octanol–water partition coefficient (Wildman–Crippen LogP) is 2.54. The summed E-state index contributed by atoms with van der Waals surface area (Å²) in [6.45, 7) is 3.08. The maximum absolute atomic E-state index is 13.5. The molecule has 1 aliphatic rings. The summed E-state index contributed by atoms with van der Waals surface area (Å²) in [6, 6.07) is 3.51. The summed E-state index contributed by atoms with van der Waals surface area (Å²) in [7, 11) is 0. The maximum Gasteiger partial charge on any atom is 0.175 e. The molecule has 1 unspecified atom stereocenters. The second-order valence-corrected chi connectivity index (χ2v) is 4.77. The van der Waals surface area contributed by atoms with E-state index in [1.54, 1.807) is 6.92 Å². The molecule has 1 fully saturated rings. The van der Waals surface area contributed by atoms with E-state index in [1.807, 2.05) is 0 Å². The second kappa shape index (κ2) is 4.53. The van der Waals surface area contributed by atoms with Gasteiger partial charge in [0.2, 0.25) is 0 Å². The Morgan fingerprint density at radius 2 is 2.00 bits per heavy atom. The third-order valence-electron chi connectivity index (χ3n) is 3.34. The number of piperidine rings is 1. The summed E-state index contributed by atoms with van der Waals surface area (Å²) in [4.78, 5) is 12.2. The van der Waals surface area contributed by atoms with Crippen molar-refractivity contribution in [3.8, 4) is 0 Å². The molecule has 17 heavy (non-hydrogen) atoms. The number of carbonyl (C=O) groups excluding carboxylic acids is 1. The van der Waals surface area contributed by atoms with Crippen molar-refractivity contribution in [1.82, 2.24) is 5.32 Å². The molecule has 1 aromatic carbocycles. The number of Topliss-reactive ketones (excluding diaryl/α,β-unsaturated/α-hetero) is 1.